The highest BCUT2D eigenvalue weighted by Gasteiger charge is 2.24. The highest BCUT2D eigenvalue weighted by molar-refractivity contribution is 8.00. The van der Waals surface area contributed by atoms with Crippen molar-refractivity contribution in [2.24, 2.45) is 0 Å². The zero-order valence-electron chi connectivity index (χ0n) is 13.3. The predicted molar refractivity (Wildman–Crippen MR) is 91.9 cm³/mol. The average Bonchev–Trinajstić information content (AvgIpc) is 3.07. The Balaban J connectivity index is 1.45. The van der Waals surface area contributed by atoms with E-state index in [2.05, 4.69) is 5.32 Å². The van der Waals surface area contributed by atoms with Crippen molar-refractivity contribution in [2.45, 2.75) is 24.2 Å². The maximum atomic E-state index is 12.1. The second-order valence-corrected chi connectivity index (χ2v) is 7.13. The van der Waals surface area contributed by atoms with Gasteiger partial charge >= 0.3 is 0 Å². The molecule has 0 unspecified atom stereocenters. The van der Waals surface area contributed by atoms with Crippen LogP contribution in [0.2, 0.25) is 0 Å². The van der Waals surface area contributed by atoms with Crippen molar-refractivity contribution < 1.29 is 14.5 Å². The molecule has 1 aromatic rings. The molecule has 1 aromatic carbocycles. The number of fused-ring (bicyclic) bond motifs is 1. The van der Waals surface area contributed by atoms with Gasteiger partial charge in [0.15, 0.2) is 0 Å². The van der Waals surface area contributed by atoms with Crippen molar-refractivity contribution in [1.29, 1.82) is 0 Å². The quantitative estimate of drug-likeness (QED) is 0.787. The average molecular weight is 334 g/mol. The van der Waals surface area contributed by atoms with E-state index in [1.54, 1.807) is 21.6 Å². The molecule has 2 aliphatic rings. The first kappa shape index (κ1) is 16.3. The first-order valence-electron chi connectivity index (χ1n) is 8.36. The van der Waals surface area contributed by atoms with Gasteiger partial charge in [0.1, 0.15) is 0 Å². The summed E-state index contributed by atoms with van der Waals surface area (Å²) in [7, 11) is 0. The number of hydrogen-bond acceptors (Lipinski definition) is 3. The molecule has 0 atom stereocenters. The first-order chi connectivity index (χ1) is 11.2. The van der Waals surface area contributed by atoms with Crippen LogP contribution in [0.4, 0.5) is 5.69 Å². The normalized spacial score (nSPS) is 18.1. The second-order valence-electron chi connectivity index (χ2n) is 6.11. The molecule has 2 heterocycles. The molecule has 124 valence electrons. The zero-order chi connectivity index (χ0) is 16.1. The van der Waals surface area contributed by atoms with Crippen molar-refractivity contribution in [2.75, 3.05) is 43.4 Å². The van der Waals surface area contributed by atoms with Gasteiger partial charge in [0.2, 0.25) is 11.8 Å². The number of para-hydroxylation sites is 1. The van der Waals surface area contributed by atoms with E-state index in [1.165, 1.54) is 25.9 Å². The number of hydrogen-bond donors (Lipinski definition) is 2. The smallest absolute Gasteiger partial charge is 0.237 e. The Morgan fingerprint density at radius 1 is 1.26 bits per heavy atom. The van der Waals surface area contributed by atoms with Crippen molar-refractivity contribution in [1.82, 2.24) is 5.32 Å². The number of thioether (sulfide) groups is 1. The van der Waals surface area contributed by atoms with Gasteiger partial charge in [-0.15, -0.1) is 11.8 Å². The molecule has 0 bridgehead atoms. The Kier molecular flexibility index (Phi) is 5.56. The fraction of sp³-hybridized carbons (Fsp3) is 0.529. The fourth-order valence-electron chi connectivity index (χ4n) is 3.20. The Hall–Kier alpha value is -1.53. The standard InChI is InChI=1S/C17H23N3O2S/c21-16(18-8-12-19-9-3-4-10-19)7-11-20-14-5-1-2-6-15(14)23-13-17(20)22/h1-2,5-6H,3-4,7-13H2,(H,18,21)/p+1. The van der Waals surface area contributed by atoms with Gasteiger partial charge in [0, 0.05) is 30.7 Å². The third-order valence-corrected chi connectivity index (χ3v) is 5.53. The Bertz CT molecular complexity index is 573. The molecule has 0 saturated carbocycles. The number of nitrogens with one attached hydrogen (secondary N) is 2. The van der Waals surface area contributed by atoms with Crippen LogP contribution in [0.5, 0.6) is 0 Å². The molecule has 2 amide bonds. The van der Waals surface area contributed by atoms with E-state index in [0.717, 1.165) is 23.7 Å². The second kappa shape index (κ2) is 7.84. The predicted octanol–water partition coefficient (Wildman–Crippen LogP) is 0.310. The van der Waals surface area contributed by atoms with Crippen molar-refractivity contribution in [3.63, 3.8) is 0 Å². The molecule has 1 fully saturated rings. The number of amides is 2. The Morgan fingerprint density at radius 2 is 2.04 bits per heavy atom. The topological polar surface area (TPSA) is 53.9 Å². The lowest BCUT2D eigenvalue weighted by Gasteiger charge is -2.28. The van der Waals surface area contributed by atoms with Crippen LogP contribution in [-0.4, -0.2) is 50.3 Å². The molecule has 0 aromatic heterocycles. The van der Waals surface area contributed by atoms with E-state index < -0.39 is 0 Å². The minimum Gasteiger partial charge on any atom is -0.350 e. The molecule has 23 heavy (non-hydrogen) atoms. The molecule has 1 saturated heterocycles. The van der Waals surface area contributed by atoms with Crippen LogP contribution >= 0.6 is 11.8 Å². The van der Waals surface area contributed by atoms with E-state index in [-0.39, 0.29) is 11.8 Å². The monoisotopic (exact) mass is 334 g/mol. The van der Waals surface area contributed by atoms with Gasteiger partial charge in [0.05, 0.1) is 37.6 Å². The molecule has 0 spiro atoms. The van der Waals surface area contributed by atoms with Crippen LogP contribution < -0.4 is 15.1 Å². The van der Waals surface area contributed by atoms with Crippen molar-refractivity contribution >= 4 is 29.3 Å². The van der Waals surface area contributed by atoms with Crippen LogP contribution in [-0.2, 0) is 9.59 Å². The summed E-state index contributed by atoms with van der Waals surface area (Å²) in [6.45, 7) is 4.65. The van der Waals surface area contributed by atoms with Gasteiger partial charge in [-0.2, -0.15) is 0 Å². The molecule has 0 aliphatic carbocycles. The molecule has 5 nitrogen and oxygen atoms in total. The molecule has 2 aliphatic heterocycles. The number of rotatable bonds is 6. The summed E-state index contributed by atoms with van der Waals surface area (Å²) < 4.78 is 0. The number of nitrogens with zero attached hydrogens (tertiary/aromatic N) is 1. The number of carbonyl (C=O) groups is 2. The first-order valence-corrected chi connectivity index (χ1v) is 9.35. The highest BCUT2D eigenvalue weighted by atomic mass is 32.2. The third kappa shape index (κ3) is 4.26. The van der Waals surface area contributed by atoms with E-state index in [9.17, 15) is 9.59 Å². The molecule has 3 rings (SSSR count). The summed E-state index contributed by atoms with van der Waals surface area (Å²) in [6.07, 6.45) is 2.97. The van der Waals surface area contributed by atoms with Crippen molar-refractivity contribution in [3.8, 4) is 0 Å². The van der Waals surface area contributed by atoms with E-state index >= 15 is 0 Å². The van der Waals surface area contributed by atoms with Gasteiger partial charge in [-0.05, 0) is 12.1 Å². The number of anilines is 1. The van der Waals surface area contributed by atoms with E-state index in [1.807, 2.05) is 24.3 Å². The maximum Gasteiger partial charge on any atom is 0.237 e. The number of benzene rings is 1. The van der Waals surface area contributed by atoms with Gasteiger partial charge in [-0.25, -0.2) is 0 Å². The number of carbonyl (C=O) groups excluding carboxylic acids is 2. The number of likely N-dealkylation sites (tertiary alicyclic amines) is 1. The lowest BCUT2D eigenvalue weighted by molar-refractivity contribution is -0.886. The molecular weight excluding hydrogens is 310 g/mol. The lowest BCUT2D eigenvalue weighted by Crippen LogP contribution is -3.10. The molecular formula is C17H24N3O2S+. The zero-order valence-corrected chi connectivity index (χ0v) is 14.2. The van der Waals surface area contributed by atoms with Crippen molar-refractivity contribution in [3.05, 3.63) is 24.3 Å². The van der Waals surface area contributed by atoms with Gasteiger partial charge in [-0.1, -0.05) is 12.1 Å². The number of quaternary nitrogens is 1. The van der Waals surface area contributed by atoms with Crippen LogP contribution in [0.25, 0.3) is 0 Å². The minimum absolute atomic E-state index is 0.0344. The molecule has 2 N–H and O–H groups in total. The third-order valence-electron chi connectivity index (χ3n) is 4.48. The maximum absolute atomic E-state index is 12.1. The summed E-state index contributed by atoms with van der Waals surface area (Å²) >= 11 is 1.57. The van der Waals surface area contributed by atoms with Crippen LogP contribution in [0.1, 0.15) is 19.3 Å². The molecule has 0 radical (unpaired) electrons. The molecule has 6 heteroatoms. The lowest BCUT2D eigenvalue weighted by atomic mass is 10.2. The van der Waals surface area contributed by atoms with Gasteiger partial charge < -0.3 is 15.1 Å². The summed E-state index contributed by atoms with van der Waals surface area (Å²) in [5, 5.41) is 2.98. The summed E-state index contributed by atoms with van der Waals surface area (Å²) in [6, 6.07) is 7.89. The van der Waals surface area contributed by atoms with Crippen LogP contribution in [0.15, 0.2) is 29.2 Å². The largest absolute Gasteiger partial charge is 0.350 e. The van der Waals surface area contributed by atoms with Gasteiger partial charge in [0.25, 0.3) is 0 Å². The summed E-state index contributed by atoms with van der Waals surface area (Å²) in [5.74, 6) is 0.576. The summed E-state index contributed by atoms with van der Waals surface area (Å²) in [4.78, 5) is 28.6. The SMILES string of the molecule is O=C(CCN1C(=O)CSc2ccccc21)NCC[NH+]1CCCC1. The Morgan fingerprint density at radius 3 is 2.87 bits per heavy atom. The Labute approximate surface area is 141 Å². The summed E-state index contributed by atoms with van der Waals surface area (Å²) in [5.41, 5.74) is 0.933. The van der Waals surface area contributed by atoms with E-state index in [0.29, 0.717) is 18.7 Å². The van der Waals surface area contributed by atoms with Gasteiger partial charge in [-0.3, -0.25) is 9.59 Å². The van der Waals surface area contributed by atoms with E-state index in [4.69, 9.17) is 0 Å². The van der Waals surface area contributed by atoms with Crippen LogP contribution in [0, 0.1) is 0 Å². The van der Waals surface area contributed by atoms with Crippen LogP contribution in [0.3, 0.4) is 0 Å². The highest BCUT2D eigenvalue weighted by Crippen LogP contribution is 2.34. The fourth-order valence-corrected chi connectivity index (χ4v) is 4.14. The minimum atomic E-state index is 0.0344.